The number of carboxylic acids is 1. The molecule has 138 valence electrons. The minimum absolute atomic E-state index is 0.133. The number of aromatic nitrogens is 4. The summed E-state index contributed by atoms with van der Waals surface area (Å²) in [6, 6.07) is 1.83. The fourth-order valence-corrected chi connectivity index (χ4v) is 3.13. The smallest absolute Gasteiger partial charge is 0.331 e. The zero-order valence-electron chi connectivity index (χ0n) is 14.7. The maximum Gasteiger partial charge on any atom is 0.331 e. The molecule has 1 saturated heterocycles. The topological polar surface area (TPSA) is 121 Å². The van der Waals surface area contributed by atoms with Crippen molar-refractivity contribution in [1.82, 2.24) is 24.6 Å². The molecule has 9 heteroatoms. The summed E-state index contributed by atoms with van der Waals surface area (Å²) < 4.78 is 1.52. The van der Waals surface area contributed by atoms with Crippen LogP contribution in [-0.4, -0.2) is 54.7 Å². The van der Waals surface area contributed by atoms with Gasteiger partial charge in [0.15, 0.2) is 5.54 Å². The number of hydrogen-bond acceptors (Lipinski definition) is 5. The van der Waals surface area contributed by atoms with Gasteiger partial charge in [-0.15, -0.1) is 0 Å². The van der Waals surface area contributed by atoms with Crippen LogP contribution in [0.15, 0.2) is 29.5 Å². The van der Waals surface area contributed by atoms with Crippen molar-refractivity contribution in [1.29, 1.82) is 0 Å². The number of carbonyl (C=O) groups is 2. The van der Waals surface area contributed by atoms with Gasteiger partial charge in [0, 0.05) is 38.3 Å². The van der Waals surface area contributed by atoms with Crippen LogP contribution in [0.1, 0.15) is 48.8 Å². The van der Waals surface area contributed by atoms with E-state index in [-0.39, 0.29) is 49.0 Å². The Morgan fingerprint density at radius 3 is 2.50 bits per heavy atom. The van der Waals surface area contributed by atoms with Gasteiger partial charge in [-0.25, -0.2) is 9.78 Å². The highest BCUT2D eigenvalue weighted by atomic mass is 16.4. The second-order valence-electron chi connectivity index (χ2n) is 6.77. The van der Waals surface area contributed by atoms with Crippen LogP contribution in [0.2, 0.25) is 0 Å². The highest BCUT2D eigenvalue weighted by Gasteiger charge is 2.45. The molecule has 1 aliphatic heterocycles. The first kappa shape index (κ1) is 17.8. The van der Waals surface area contributed by atoms with Crippen LogP contribution in [0, 0.1) is 0 Å². The predicted molar refractivity (Wildman–Crippen MR) is 91.9 cm³/mol. The van der Waals surface area contributed by atoms with Crippen molar-refractivity contribution in [3.8, 4) is 0 Å². The molecule has 26 heavy (non-hydrogen) atoms. The molecule has 0 radical (unpaired) electrons. The van der Waals surface area contributed by atoms with E-state index in [0.29, 0.717) is 0 Å². The standard InChI is InChI=1S/C17H21N5O4/c1-11(2)12-3-6-22(20-12)17(16(25)26)4-7-21(8-5-17)15(24)13-9-19-14(23)10-18-13/h3,6,9-11H,4-5,7-8H2,1-2H3,(H,19,23)(H,25,26). The lowest BCUT2D eigenvalue weighted by Gasteiger charge is -2.38. The molecular weight excluding hydrogens is 338 g/mol. The number of piperidine rings is 1. The number of rotatable bonds is 4. The number of aromatic amines is 1. The van der Waals surface area contributed by atoms with E-state index in [2.05, 4.69) is 15.1 Å². The molecule has 1 aliphatic rings. The number of aliphatic carboxylic acids is 1. The number of likely N-dealkylation sites (tertiary alicyclic amines) is 1. The number of H-pyrrole nitrogens is 1. The van der Waals surface area contributed by atoms with Crippen molar-refractivity contribution in [2.45, 2.75) is 38.1 Å². The van der Waals surface area contributed by atoms with Crippen molar-refractivity contribution in [2.24, 2.45) is 0 Å². The van der Waals surface area contributed by atoms with Crippen LogP contribution in [0.4, 0.5) is 0 Å². The predicted octanol–water partition coefficient (Wildman–Crippen LogP) is 0.806. The molecule has 3 rings (SSSR count). The summed E-state index contributed by atoms with van der Waals surface area (Å²) in [4.78, 5) is 43.4. The Hall–Kier alpha value is -2.97. The second kappa shape index (κ2) is 6.74. The average Bonchev–Trinajstić information content (AvgIpc) is 3.12. The van der Waals surface area contributed by atoms with E-state index in [4.69, 9.17) is 0 Å². The van der Waals surface area contributed by atoms with Gasteiger partial charge in [0.2, 0.25) is 0 Å². The van der Waals surface area contributed by atoms with Crippen LogP contribution >= 0.6 is 0 Å². The maximum absolute atomic E-state index is 12.5. The first-order chi connectivity index (χ1) is 12.3. The number of hydrogen-bond donors (Lipinski definition) is 2. The molecule has 9 nitrogen and oxygen atoms in total. The molecule has 0 bridgehead atoms. The van der Waals surface area contributed by atoms with Crippen LogP contribution in [0.5, 0.6) is 0 Å². The summed E-state index contributed by atoms with van der Waals surface area (Å²) in [7, 11) is 0. The van der Waals surface area contributed by atoms with Crippen molar-refractivity contribution in [3.63, 3.8) is 0 Å². The molecule has 2 aromatic rings. The van der Waals surface area contributed by atoms with Gasteiger partial charge in [-0.3, -0.25) is 14.3 Å². The summed E-state index contributed by atoms with van der Waals surface area (Å²) in [6.45, 7) is 4.53. The third kappa shape index (κ3) is 3.12. The van der Waals surface area contributed by atoms with Crippen LogP contribution in [0.3, 0.4) is 0 Å². The lowest BCUT2D eigenvalue weighted by atomic mass is 9.87. The van der Waals surface area contributed by atoms with E-state index in [1.807, 2.05) is 19.9 Å². The lowest BCUT2D eigenvalue weighted by molar-refractivity contribution is -0.150. The number of amides is 1. The Morgan fingerprint density at radius 2 is 2.00 bits per heavy atom. The van der Waals surface area contributed by atoms with Crippen molar-refractivity contribution < 1.29 is 14.7 Å². The molecule has 1 fully saturated rings. The fourth-order valence-electron chi connectivity index (χ4n) is 3.13. The largest absolute Gasteiger partial charge is 0.479 e. The van der Waals surface area contributed by atoms with Gasteiger partial charge in [-0.05, 0) is 12.0 Å². The summed E-state index contributed by atoms with van der Waals surface area (Å²) in [5.74, 6) is -1.08. The van der Waals surface area contributed by atoms with E-state index >= 15 is 0 Å². The third-order valence-corrected chi connectivity index (χ3v) is 4.81. The molecule has 3 heterocycles. The second-order valence-corrected chi connectivity index (χ2v) is 6.77. The molecule has 1 amide bonds. The van der Waals surface area contributed by atoms with E-state index in [0.717, 1.165) is 11.9 Å². The van der Waals surface area contributed by atoms with Gasteiger partial charge in [0.1, 0.15) is 5.69 Å². The summed E-state index contributed by atoms with van der Waals surface area (Å²) in [5.41, 5.74) is -0.581. The first-order valence-corrected chi connectivity index (χ1v) is 8.47. The Morgan fingerprint density at radius 1 is 1.31 bits per heavy atom. The van der Waals surface area contributed by atoms with Crippen molar-refractivity contribution in [3.05, 3.63) is 46.4 Å². The van der Waals surface area contributed by atoms with Gasteiger partial charge in [0.05, 0.1) is 11.9 Å². The third-order valence-electron chi connectivity index (χ3n) is 4.81. The number of nitrogens with one attached hydrogen (secondary N) is 1. The molecule has 0 atom stereocenters. The van der Waals surface area contributed by atoms with Crippen LogP contribution in [0.25, 0.3) is 0 Å². The van der Waals surface area contributed by atoms with E-state index in [1.165, 1.54) is 10.9 Å². The molecule has 0 spiro atoms. The summed E-state index contributed by atoms with van der Waals surface area (Å²) >= 11 is 0. The monoisotopic (exact) mass is 359 g/mol. The highest BCUT2D eigenvalue weighted by molar-refractivity contribution is 5.92. The Balaban J connectivity index is 1.79. The van der Waals surface area contributed by atoms with E-state index in [1.54, 1.807) is 11.1 Å². The first-order valence-electron chi connectivity index (χ1n) is 8.47. The van der Waals surface area contributed by atoms with Crippen molar-refractivity contribution >= 4 is 11.9 Å². The Kier molecular flexibility index (Phi) is 4.62. The number of nitrogens with zero attached hydrogens (tertiary/aromatic N) is 4. The molecule has 2 N–H and O–H groups in total. The van der Waals surface area contributed by atoms with Gasteiger partial charge >= 0.3 is 5.97 Å². The summed E-state index contributed by atoms with van der Waals surface area (Å²) in [5, 5.41) is 14.3. The van der Waals surface area contributed by atoms with Gasteiger partial charge in [-0.2, -0.15) is 5.10 Å². The normalized spacial score (nSPS) is 16.7. The van der Waals surface area contributed by atoms with Crippen molar-refractivity contribution in [2.75, 3.05) is 13.1 Å². The molecule has 0 aromatic carbocycles. The Labute approximate surface area is 149 Å². The highest BCUT2D eigenvalue weighted by Crippen LogP contribution is 2.31. The lowest BCUT2D eigenvalue weighted by Crippen LogP contribution is -2.52. The zero-order valence-corrected chi connectivity index (χ0v) is 14.7. The molecular formula is C17H21N5O4. The minimum atomic E-state index is -1.16. The average molecular weight is 359 g/mol. The fraction of sp³-hybridized carbons (Fsp3) is 0.471. The van der Waals surface area contributed by atoms with Gasteiger partial charge in [0.25, 0.3) is 11.5 Å². The van der Waals surface area contributed by atoms with Crippen LogP contribution in [-0.2, 0) is 10.3 Å². The van der Waals surface area contributed by atoms with E-state index in [9.17, 15) is 19.5 Å². The molecule has 0 aliphatic carbocycles. The molecule has 0 unspecified atom stereocenters. The SMILES string of the molecule is CC(C)c1ccn(C2(C(=O)O)CCN(C(=O)c3c[nH]c(=O)cn3)CC2)n1. The number of carbonyl (C=O) groups excluding carboxylic acids is 1. The van der Waals surface area contributed by atoms with Crippen LogP contribution < -0.4 is 5.56 Å². The minimum Gasteiger partial charge on any atom is -0.479 e. The molecule has 0 saturated carbocycles. The van der Waals surface area contributed by atoms with Gasteiger partial charge in [-0.1, -0.05) is 13.8 Å². The molecule has 2 aromatic heterocycles. The quantitative estimate of drug-likeness (QED) is 0.833. The number of carboxylic acid groups (broad SMARTS) is 1. The zero-order chi connectivity index (χ0) is 18.9. The van der Waals surface area contributed by atoms with Gasteiger partial charge < -0.3 is 15.0 Å². The summed E-state index contributed by atoms with van der Waals surface area (Å²) in [6.07, 6.45) is 4.51. The maximum atomic E-state index is 12.5. The van der Waals surface area contributed by atoms with E-state index < -0.39 is 11.5 Å². The Bertz CT molecular complexity index is 857.